The van der Waals surface area contributed by atoms with E-state index < -0.39 is 42.1 Å². The first kappa shape index (κ1) is 20.1. The zero-order chi connectivity index (χ0) is 21.3. The number of benzene rings is 1. The van der Waals surface area contributed by atoms with Gasteiger partial charge in [0.15, 0.2) is 0 Å². The Bertz CT molecular complexity index is 1040. The van der Waals surface area contributed by atoms with Crippen LogP contribution in [-0.4, -0.2) is 37.9 Å². The van der Waals surface area contributed by atoms with Crippen molar-refractivity contribution < 1.29 is 28.6 Å². The average molecular weight is 403 g/mol. The summed E-state index contributed by atoms with van der Waals surface area (Å²) in [6.07, 6.45) is 1.09. The lowest BCUT2D eigenvalue weighted by atomic mass is 10.1. The van der Waals surface area contributed by atoms with Gasteiger partial charge in [0.2, 0.25) is 0 Å². The molecule has 1 aliphatic rings. The van der Waals surface area contributed by atoms with Crippen LogP contribution in [0.5, 0.6) is 0 Å². The molecule has 2 aromatic rings. The number of aliphatic hydroxyl groups is 2. The van der Waals surface area contributed by atoms with Crippen molar-refractivity contribution in [2.45, 2.75) is 25.4 Å². The molecule has 3 rings (SSSR count). The third-order valence-corrected chi connectivity index (χ3v) is 4.32. The van der Waals surface area contributed by atoms with Crippen molar-refractivity contribution in [2.75, 3.05) is 5.32 Å². The maximum absolute atomic E-state index is 14.1. The Morgan fingerprint density at radius 1 is 1.41 bits per heavy atom. The number of pyridine rings is 1. The van der Waals surface area contributed by atoms with Gasteiger partial charge in [0, 0.05) is 11.9 Å². The Kier molecular flexibility index (Phi) is 5.15. The molecule has 9 nitrogen and oxygen atoms in total. The lowest BCUT2D eigenvalue weighted by Crippen LogP contribution is -2.62. The lowest BCUT2D eigenvalue weighted by Gasteiger charge is -2.37. The highest BCUT2D eigenvalue weighted by Gasteiger charge is 2.46. The van der Waals surface area contributed by atoms with Gasteiger partial charge in [-0.25, -0.2) is 13.6 Å². The second kappa shape index (κ2) is 7.42. The molecule has 11 heteroatoms. The fourth-order valence-corrected chi connectivity index (χ4v) is 2.80. The zero-order valence-electron chi connectivity index (χ0n) is 15.0. The van der Waals surface area contributed by atoms with Crippen molar-refractivity contribution in [3.8, 4) is 6.07 Å². The van der Waals surface area contributed by atoms with Gasteiger partial charge in [-0.1, -0.05) is 0 Å². The third kappa shape index (κ3) is 3.84. The third-order valence-electron chi connectivity index (χ3n) is 4.32. The molecule has 0 aliphatic carbocycles. The lowest BCUT2D eigenvalue weighted by molar-refractivity contribution is -0.237. The zero-order valence-corrected chi connectivity index (χ0v) is 15.0. The van der Waals surface area contributed by atoms with E-state index in [0.29, 0.717) is 4.90 Å². The monoisotopic (exact) mass is 403 g/mol. The van der Waals surface area contributed by atoms with E-state index in [9.17, 15) is 28.6 Å². The molecule has 0 radical (unpaired) electrons. The van der Waals surface area contributed by atoms with Crippen LogP contribution in [0.3, 0.4) is 0 Å². The number of anilines is 1. The van der Waals surface area contributed by atoms with E-state index in [2.05, 4.69) is 15.6 Å². The van der Waals surface area contributed by atoms with Crippen molar-refractivity contribution in [3.05, 3.63) is 58.9 Å². The molecule has 0 saturated carbocycles. The van der Waals surface area contributed by atoms with Crippen molar-refractivity contribution >= 4 is 17.6 Å². The SMILES string of the molecule is CC(NC(=O)C(O)(O)N1Cc2cc(F)ccc2NC1=O)c1ncc(C#N)cc1F. The van der Waals surface area contributed by atoms with Crippen LogP contribution in [0.15, 0.2) is 30.5 Å². The van der Waals surface area contributed by atoms with E-state index >= 15 is 0 Å². The van der Waals surface area contributed by atoms with E-state index in [0.717, 1.165) is 24.4 Å². The number of hydrogen-bond donors (Lipinski definition) is 4. The summed E-state index contributed by atoms with van der Waals surface area (Å²) >= 11 is 0. The van der Waals surface area contributed by atoms with Crippen LogP contribution in [0, 0.1) is 23.0 Å². The Labute approximate surface area is 163 Å². The molecule has 1 atom stereocenters. The van der Waals surface area contributed by atoms with Gasteiger partial charge in [0.25, 0.3) is 0 Å². The van der Waals surface area contributed by atoms with Crippen molar-refractivity contribution in [1.29, 1.82) is 5.26 Å². The Morgan fingerprint density at radius 2 is 2.14 bits per heavy atom. The minimum absolute atomic E-state index is 0.0284. The van der Waals surface area contributed by atoms with Gasteiger partial charge in [0.05, 0.1) is 23.8 Å². The molecule has 1 unspecified atom stereocenters. The van der Waals surface area contributed by atoms with Crippen LogP contribution in [-0.2, 0) is 11.3 Å². The van der Waals surface area contributed by atoms with Crippen molar-refractivity contribution in [2.24, 2.45) is 0 Å². The van der Waals surface area contributed by atoms with Crippen molar-refractivity contribution in [3.63, 3.8) is 0 Å². The standard InChI is InChI=1S/C18H15F2N5O4/c1-9(15-13(20)4-10(6-21)7-22-15)23-16(26)18(28,29)25-8-11-5-12(19)2-3-14(11)24-17(25)27/h2-5,7,9,28-29H,8H2,1H3,(H,23,26)(H,24,27). The molecule has 2 heterocycles. The molecule has 3 amide bonds. The summed E-state index contributed by atoms with van der Waals surface area (Å²) in [5.41, 5.74) is 0.210. The number of hydrogen-bond acceptors (Lipinski definition) is 6. The quantitative estimate of drug-likeness (QED) is 0.564. The van der Waals surface area contributed by atoms with Gasteiger partial charge >= 0.3 is 17.8 Å². The highest BCUT2D eigenvalue weighted by atomic mass is 19.1. The molecule has 4 N–H and O–H groups in total. The maximum Gasteiger partial charge on any atom is 0.334 e. The number of nitrogens with one attached hydrogen (secondary N) is 2. The number of carbonyl (C=O) groups excluding carboxylic acids is 2. The second-order valence-electron chi connectivity index (χ2n) is 6.35. The fraction of sp³-hybridized carbons (Fsp3) is 0.222. The van der Waals surface area contributed by atoms with Gasteiger partial charge in [-0.2, -0.15) is 5.26 Å². The van der Waals surface area contributed by atoms with Crippen LogP contribution in [0.4, 0.5) is 19.3 Å². The van der Waals surface area contributed by atoms with Gasteiger partial charge in [0.1, 0.15) is 17.7 Å². The number of nitrogens with zero attached hydrogens (tertiary/aromatic N) is 3. The van der Waals surface area contributed by atoms with E-state index in [1.807, 2.05) is 0 Å². The molecule has 0 fully saturated rings. The number of rotatable bonds is 4. The van der Waals surface area contributed by atoms with Gasteiger partial charge in [-0.3, -0.25) is 14.7 Å². The summed E-state index contributed by atoms with van der Waals surface area (Å²) in [4.78, 5) is 28.7. The maximum atomic E-state index is 14.1. The van der Waals surface area contributed by atoms with Crippen LogP contribution < -0.4 is 10.6 Å². The summed E-state index contributed by atoms with van der Waals surface area (Å²) < 4.78 is 27.5. The molecular formula is C18H15F2N5O4. The van der Waals surface area contributed by atoms with E-state index in [1.54, 1.807) is 6.07 Å². The highest BCUT2D eigenvalue weighted by Crippen LogP contribution is 2.28. The summed E-state index contributed by atoms with van der Waals surface area (Å²) in [7, 11) is 0. The van der Waals surface area contributed by atoms with Crippen LogP contribution in [0.2, 0.25) is 0 Å². The second-order valence-corrected chi connectivity index (χ2v) is 6.35. The molecule has 0 saturated heterocycles. The molecule has 1 aliphatic heterocycles. The minimum Gasteiger partial charge on any atom is -0.341 e. The number of nitriles is 1. The van der Waals surface area contributed by atoms with Crippen molar-refractivity contribution in [1.82, 2.24) is 15.2 Å². The molecule has 0 spiro atoms. The predicted molar refractivity (Wildman–Crippen MR) is 93.6 cm³/mol. The summed E-state index contributed by atoms with van der Waals surface area (Å²) in [6, 6.07) is 4.01. The Hall–Kier alpha value is -3.62. The van der Waals surface area contributed by atoms with Gasteiger partial charge < -0.3 is 20.8 Å². The summed E-state index contributed by atoms with van der Waals surface area (Å²) in [5, 5.41) is 33.8. The molecule has 150 valence electrons. The van der Waals surface area contributed by atoms with E-state index in [1.165, 1.54) is 13.0 Å². The topological polar surface area (TPSA) is 139 Å². The fourth-order valence-electron chi connectivity index (χ4n) is 2.80. The number of carbonyl (C=O) groups is 2. The predicted octanol–water partition coefficient (Wildman–Crippen LogP) is 1.09. The number of aromatic nitrogens is 1. The van der Waals surface area contributed by atoms with Gasteiger partial charge in [-0.05, 0) is 36.8 Å². The van der Waals surface area contributed by atoms with Gasteiger partial charge in [-0.15, -0.1) is 0 Å². The normalized spacial score (nSPS) is 14.5. The molecule has 1 aromatic heterocycles. The summed E-state index contributed by atoms with van der Waals surface area (Å²) in [5.74, 6) is -6.23. The summed E-state index contributed by atoms with van der Waals surface area (Å²) in [6.45, 7) is 0.865. The largest absolute Gasteiger partial charge is 0.341 e. The number of halogens is 2. The highest BCUT2D eigenvalue weighted by molar-refractivity contribution is 5.96. The molecule has 29 heavy (non-hydrogen) atoms. The number of amides is 3. The van der Waals surface area contributed by atoms with E-state index in [-0.39, 0.29) is 22.5 Å². The van der Waals surface area contributed by atoms with Crippen LogP contribution >= 0.6 is 0 Å². The first-order chi connectivity index (χ1) is 13.6. The number of fused-ring (bicyclic) bond motifs is 1. The number of urea groups is 1. The first-order valence-corrected chi connectivity index (χ1v) is 8.31. The Morgan fingerprint density at radius 3 is 2.79 bits per heavy atom. The first-order valence-electron chi connectivity index (χ1n) is 8.31. The molecule has 1 aromatic carbocycles. The average Bonchev–Trinajstić information content (AvgIpc) is 2.67. The van der Waals surface area contributed by atoms with Crippen LogP contribution in [0.25, 0.3) is 0 Å². The molecular weight excluding hydrogens is 388 g/mol. The van der Waals surface area contributed by atoms with Crippen LogP contribution in [0.1, 0.15) is 29.8 Å². The minimum atomic E-state index is -3.31. The Balaban J connectivity index is 1.79. The molecule has 0 bridgehead atoms. The van der Waals surface area contributed by atoms with E-state index in [4.69, 9.17) is 5.26 Å². The smallest absolute Gasteiger partial charge is 0.334 e.